The molecular weight excluding hydrogens is 354 g/mol. The topological polar surface area (TPSA) is 124 Å². The van der Waals surface area contributed by atoms with E-state index in [1.807, 2.05) is 0 Å². The Morgan fingerprint density at radius 3 is 2.59 bits per heavy atom. The van der Waals surface area contributed by atoms with Crippen LogP contribution in [0.2, 0.25) is 0 Å². The Balaban J connectivity index is 2.21. The summed E-state index contributed by atoms with van der Waals surface area (Å²) >= 11 is 0. The van der Waals surface area contributed by atoms with Gasteiger partial charge in [-0.25, -0.2) is 14.2 Å². The smallest absolute Gasteiger partial charge is 0.339 e. The number of rotatable bonds is 5. The molecule has 2 N–H and O–H groups in total. The van der Waals surface area contributed by atoms with Gasteiger partial charge in [-0.1, -0.05) is 12.1 Å². The van der Waals surface area contributed by atoms with Crippen molar-refractivity contribution in [3.8, 4) is 0 Å². The molecular formula is C18H19N3O6. The van der Waals surface area contributed by atoms with E-state index < -0.39 is 24.1 Å². The maximum absolute atomic E-state index is 12.8. The molecule has 0 bridgehead atoms. The largest absolute Gasteiger partial charge is 0.478 e. The van der Waals surface area contributed by atoms with Crippen LogP contribution in [-0.2, 0) is 19.1 Å². The minimum Gasteiger partial charge on any atom is -0.478 e. The fourth-order valence-electron chi connectivity index (χ4n) is 3.18. The van der Waals surface area contributed by atoms with E-state index >= 15 is 0 Å². The molecule has 27 heavy (non-hydrogen) atoms. The number of carboxylic acid groups (broad SMARTS) is 1. The maximum Gasteiger partial charge on any atom is 0.339 e. The summed E-state index contributed by atoms with van der Waals surface area (Å²) in [6.07, 6.45) is -0.789. The van der Waals surface area contributed by atoms with Crippen LogP contribution in [0.15, 0.2) is 45.4 Å². The number of nitrogens with zero attached hydrogens (tertiary/aromatic N) is 2. The van der Waals surface area contributed by atoms with Crippen LogP contribution in [0.4, 0.5) is 0 Å². The van der Waals surface area contributed by atoms with E-state index in [9.17, 15) is 14.7 Å². The fraction of sp³-hybridized carbons (Fsp3) is 0.333. The van der Waals surface area contributed by atoms with Gasteiger partial charge in [0.1, 0.15) is 11.0 Å². The van der Waals surface area contributed by atoms with Gasteiger partial charge >= 0.3 is 11.9 Å². The summed E-state index contributed by atoms with van der Waals surface area (Å²) in [4.78, 5) is 24.9. The van der Waals surface area contributed by atoms with Crippen molar-refractivity contribution in [2.45, 2.75) is 33.0 Å². The van der Waals surface area contributed by atoms with Gasteiger partial charge in [-0.15, -0.1) is 0 Å². The van der Waals surface area contributed by atoms with Crippen LogP contribution >= 0.6 is 0 Å². The number of carboxylic acids is 1. The fourth-order valence-corrected chi connectivity index (χ4v) is 3.18. The van der Waals surface area contributed by atoms with Crippen LogP contribution in [0.25, 0.3) is 11.0 Å². The third kappa shape index (κ3) is 3.28. The van der Waals surface area contributed by atoms with E-state index in [4.69, 9.17) is 14.1 Å². The lowest BCUT2D eigenvalue weighted by molar-refractivity contribution is -0.165. The standard InChI is InChI=1S/C18H19N3O6/c1-8-13(17(22)23)15(11-6-5-7-12-16(11)21-27-20-12)14(9(2)19-8)18(24)26-10(3)25-4/h5-7,10,15,19H,1-4H3,(H,22,23). The molecule has 3 rings (SSSR count). The van der Waals surface area contributed by atoms with Gasteiger partial charge in [0.2, 0.25) is 0 Å². The summed E-state index contributed by atoms with van der Waals surface area (Å²) in [7, 11) is 1.41. The highest BCUT2D eigenvalue weighted by Crippen LogP contribution is 2.40. The minimum absolute atomic E-state index is 0.0214. The molecule has 0 spiro atoms. The summed E-state index contributed by atoms with van der Waals surface area (Å²) in [5, 5.41) is 20.5. The summed E-state index contributed by atoms with van der Waals surface area (Å²) in [6, 6.07) is 5.09. The molecule has 1 aromatic carbocycles. The van der Waals surface area contributed by atoms with Crippen LogP contribution < -0.4 is 5.32 Å². The monoisotopic (exact) mass is 373 g/mol. The molecule has 1 aliphatic rings. The van der Waals surface area contributed by atoms with Crippen LogP contribution in [0.3, 0.4) is 0 Å². The van der Waals surface area contributed by atoms with E-state index in [-0.39, 0.29) is 11.1 Å². The van der Waals surface area contributed by atoms with Gasteiger partial charge in [-0.3, -0.25) is 0 Å². The zero-order valence-electron chi connectivity index (χ0n) is 15.3. The first-order valence-corrected chi connectivity index (χ1v) is 8.22. The number of benzene rings is 1. The summed E-state index contributed by atoms with van der Waals surface area (Å²) < 4.78 is 15.1. The van der Waals surface area contributed by atoms with Crippen molar-refractivity contribution >= 4 is 23.0 Å². The zero-order valence-corrected chi connectivity index (χ0v) is 15.3. The van der Waals surface area contributed by atoms with Crippen LogP contribution in [-0.4, -0.2) is 40.8 Å². The van der Waals surface area contributed by atoms with Crippen LogP contribution in [0.1, 0.15) is 32.3 Å². The van der Waals surface area contributed by atoms with Gasteiger partial charge in [0, 0.05) is 18.5 Å². The van der Waals surface area contributed by atoms with Crippen molar-refractivity contribution in [3.05, 3.63) is 46.3 Å². The molecule has 0 radical (unpaired) electrons. The maximum atomic E-state index is 12.8. The van der Waals surface area contributed by atoms with E-state index in [0.29, 0.717) is 28.0 Å². The first kappa shape index (κ1) is 18.6. The van der Waals surface area contributed by atoms with Crippen molar-refractivity contribution in [1.29, 1.82) is 0 Å². The highest BCUT2D eigenvalue weighted by atomic mass is 16.7. The van der Waals surface area contributed by atoms with Crippen molar-refractivity contribution < 1.29 is 28.8 Å². The van der Waals surface area contributed by atoms with E-state index in [1.165, 1.54) is 7.11 Å². The van der Waals surface area contributed by atoms with Gasteiger partial charge in [0.05, 0.1) is 17.1 Å². The van der Waals surface area contributed by atoms with Gasteiger partial charge in [0.25, 0.3) is 0 Å². The molecule has 2 unspecified atom stereocenters. The Kier molecular flexibility index (Phi) is 4.95. The number of esters is 1. The molecule has 142 valence electrons. The first-order valence-electron chi connectivity index (χ1n) is 8.22. The average molecular weight is 373 g/mol. The first-order chi connectivity index (χ1) is 12.8. The van der Waals surface area contributed by atoms with Crippen molar-refractivity contribution in [3.63, 3.8) is 0 Å². The molecule has 1 aromatic heterocycles. The molecule has 0 fully saturated rings. The summed E-state index contributed by atoms with van der Waals surface area (Å²) in [5.41, 5.74) is 2.44. The molecule has 2 atom stereocenters. The Morgan fingerprint density at radius 2 is 1.93 bits per heavy atom. The number of hydrogen-bond donors (Lipinski definition) is 2. The summed E-state index contributed by atoms with van der Waals surface area (Å²) in [6.45, 7) is 4.89. The number of carbonyl (C=O) groups excluding carboxylic acids is 1. The van der Waals surface area contributed by atoms with E-state index in [0.717, 1.165) is 0 Å². The van der Waals surface area contributed by atoms with Gasteiger partial charge in [-0.05, 0) is 42.7 Å². The number of nitrogens with one attached hydrogen (secondary N) is 1. The number of hydrogen-bond acceptors (Lipinski definition) is 8. The number of dihydropyridines is 1. The Morgan fingerprint density at radius 1 is 1.22 bits per heavy atom. The van der Waals surface area contributed by atoms with Gasteiger partial charge in [0.15, 0.2) is 6.29 Å². The summed E-state index contributed by atoms with van der Waals surface area (Å²) in [5.74, 6) is -2.74. The number of carbonyl (C=O) groups is 2. The highest BCUT2D eigenvalue weighted by molar-refractivity contribution is 6.00. The molecule has 9 heteroatoms. The predicted octanol–water partition coefficient (Wildman–Crippen LogP) is 2.08. The Bertz CT molecular complexity index is 974. The lowest BCUT2D eigenvalue weighted by atomic mass is 9.80. The second kappa shape index (κ2) is 7.20. The SMILES string of the molecule is COC(C)OC(=O)C1=C(C)NC(C)=C(C(=O)O)C1c1cccc2nonc12. The number of fused-ring (bicyclic) bond motifs is 1. The molecule has 2 heterocycles. The van der Waals surface area contributed by atoms with Crippen molar-refractivity contribution in [2.24, 2.45) is 0 Å². The minimum atomic E-state index is -1.16. The number of allylic oxidation sites excluding steroid dienone is 2. The van der Waals surface area contributed by atoms with E-state index in [1.54, 1.807) is 39.0 Å². The van der Waals surface area contributed by atoms with Crippen LogP contribution in [0, 0.1) is 0 Å². The van der Waals surface area contributed by atoms with Crippen molar-refractivity contribution in [1.82, 2.24) is 15.6 Å². The second-order valence-electron chi connectivity index (χ2n) is 6.13. The average Bonchev–Trinajstić information content (AvgIpc) is 3.08. The Labute approximate surface area is 154 Å². The molecule has 0 amide bonds. The second-order valence-corrected chi connectivity index (χ2v) is 6.13. The number of aliphatic carboxylic acids is 1. The molecule has 0 saturated carbocycles. The molecule has 0 saturated heterocycles. The Hall–Kier alpha value is -3.20. The quantitative estimate of drug-likeness (QED) is 0.598. The van der Waals surface area contributed by atoms with Crippen LogP contribution in [0.5, 0.6) is 0 Å². The molecule has 1 aliphatic heterocycles. The third-order valence-electron chi connectivity index (χ3n) is 4.44. The van der Waals surface area contributed by atoms with Gasteiger partial charge in [-0.2, -0.15) is 0 Å². The zero-order chi connectivity index (χ0) is 19.7. The predicted molar refractivity (Wildman–Crippen MR) is 93.3 cm³/mol. The van der Waals surface area contributed by atoms with E-state index in [2.05, 4.69) is 15.6 Å². The third-order valence-corrected chi connectivity index (χ3v) is 4.44. The molecule has 2 aromatic rings. The normalized spacial score (nSPS) is 18.4. The van der Waals surface area contributed by atoms with Crippen molar-refractivity contribution in [2.75, 3.05) is 7.11 Å². The van der Waals surface area contributed by atoms with Gasteiger partial charge < -0.3 is 19.9 Å². The molecule has 0 aliphatic carbocycles. The molecule has 9 nitrogen and oxygen atoms in total. The lowest BCUT2D eigenvalue weighted by Gasteiger charge is -2.30. The highest BCUT2D eigenvalue weighted by Gasteiger charge is 2.39. The number of aromatic nitrogens is 2. The number of methoxy groups -OCH3 is 1. The lowest BCUT2D eigenvalue weighted by Crippen LogP contribution is -2.33. The number of ether oxygens (including phenoxy) is 2.